The lowest BCUT2D eigenvalue weighted by Crippen LogP contribution is -2.42. The van der Waals surface area contributed by atoms with Gasteiger partial charge in [0.25, 0.3) is 0 Å². The van der Waals surface area contributed by atoms with E-state index in [0.29, 0.717) is 13.0 Å². The Balaban J connectivity index is 2.45. The molecule has 1 aliphatic rings. The van der Waals surface area contributed by atoms with Gasteiger partial charge in [0.2, 0.25) is 0 Å². The zero-order chi connectivity index (χ0) is 11.5. The largest absolute Gasteiger partial charge is 0.481 e. The number of aliphatic carboxylic acids is 1. The molecular formula is C9H17NO4S. The van der Waals surface area contributed by atoms with Crippen LogP contribution in [0.1, 0.15) is 19.3 Å². The Bertz CT molecular complexity index is 325. The molecule has 1 N–H and O–H groups in total. The number of carboxylic acids is 1. The summed E-state index contributed by atoms with van der Waals surface area (Å²) < 4.78 is 22.7. The highest BCUT2D eigenvalue weighted by molar-refractivity contribution is 7.91. The smallest absolute Gasteiger partial charge is 0.304 e. The minimum atomic E-state index is -2.90. The molecule has 1 unspecified atom stereocenters. The van der Waals surface area contributed by atoms with Crippen LogP contribution >= 0.6 is 0 Å². The van der Waals surface area contributed by atoms with Crippen LogP contribution in [0.5, 0.6) is 0 Å². The van der Waals surface area contributed by atoms with Gasteiger partial charge in [-0.05, 0) is 19.9 Å². The van der Waals surface area contributed by atoms with Gasteiger partial charge in [-0.2, -0.15) is 0 Å². The summed E-state index contributed by atoms with van der Waals surface area (Å²) in [6.07, 6.45) is 1.59. The first kappa shape index (κ1) is 12.4. The second kappa shape index (κ2) is 4.94. The predicted molar refractivity (Wildman–Crippen MR) is 56.6 cm³/mol. The third-order valence-corrected chi connectivity index (χ3v) is 4.54. The van der Waals surface area contributed by atoms with Crippen LogP contribution in [0.15, 0.2) is 0 Å². The Labute approximate surface area is 90.0 Å². The first-order valence-corrected chi connectivity index (χ1v) is 6.85. The fraction of sp³-hybridized carbons (Fsp3) is 0.889. The van der Waals surface area contributed by atoms with Gasteiger partial charge in [0.05, 0.1) is 17.9 Å². The minimum absolute atomic E-state index is 0.0110. The van der Waals surface area contributed by atoms with Crippen molar-refractivity contribution in [3.8, 4) is 0 Å². The molecule has 1 fully saturated rings. The first-order valence-electron chi connectivity index (χ1n) is 5.03. The zero-order valence-electron chi connectivity index (χ0n) is 8.85. The third kappa shape index (κ3) is 4.17. The SMILES string of the molecule is CN(CCC(=O)O)C1CCCS(=O)(=O)C1. The van der Waals surface area contributed by atoms with Crippen molar-refractivity contribution in [1.29, 1.82) is 0 Å². The van der Waals surface area contributed by atoms with Gasteiger partial charge in [-0.1, -0.05) is 0 Å². The molecule has 0 aliphatic carbocycles. The van der Waals surface area contributed by atoms with Crippen LogP contribution in [0.4, 0.5) is 0 Å². The normalized spacial score (nSPS) is 25.3. The molecule has 0 aromatic heterocycles. The second-order valence-electron chi connectivity index (χ2n) is 4.03. The summed E-state index contributed by atoms with van der Waals surface area (Å²) in [5.74, 6) is -0.403. The van der Waals surface area contributed by atoms with Crippen molar-refractivity contribution in [2.45, 2.75) is 25.3 Å². The summed E-state index contributed by atoms with van der Waals surface area (Å²) in [6.45, 7) is 0.412. The molecule has 15 heavy (non-hydrogen) atoms. The number of carboxylic acid groups (broad SMARTS) is 1. The van der Waals surface area contributed by atoms with E-state index in [0.717, 1.165) is 6.42 Å². The molecular weight excluding hydrogens is 218 g/mol. The van der Waals surface area contributed by atoms with Crippen LogP contribution < -0.4 is 0 Å². The van der Waals surface area contributed by atoms with Gasteiger partial charge in [-0.25, -0.2) is 8.42 Å². The van der Waals surface area contributed by atoms with Gasteiger partial charge in [0.15, 0.2) is 9.84 Å². The minimum Gasteiger partial charge on any atom is -0.481 e. The first-order chi connectivity index (χ1) is 6.91. The monoisotopic (exact) mass is 235 g/mol. The number of hydrogen-bond acceptors (Lipinski definition) is 4. The van der Waals surface area contributed by atoms with Crippen molar-refractivity contribution < 1.29 is 18.3 Å². The van der Waals surface area contributed by atoms with E-state index in [1.165, 1.54) is 0 Å². The summed E-state index contributed by atoms with van der Waals surface area (Å²) >= 11 is 0. The van der Waals surface area contributed by atoms with Gasteiger partial charge in [-0.15, -0.1) is 0 Å². The molecule has 5 nitrogen and oxygen atoms in total. The number of rotatable bonds is 4. The van der Waals surface area contributed by atoms with Crippen LogP contribution in [0, 0.1) is 0 Å². The van der Waals surface area contributed by atoms with Crippen LogP contribution in [0.25, 0.3) is 0 Å². The fourth-order valence-electron chi connectivity index (χ4n) is 1.80. The van der Waals surface area contributed by atoms with Crippen molar-refractivity contribution in [3.05, 3.63) is 0 Å². The fourth-order valence-corrected chi connectivity index (χ4v) is 3.58. The topological polar surface area (TPSA) is 74.7 Å². The molecule has 0 radical (unpaired) electrons. The Kier molecular flexibility index (Phi) is 4.10. The van der Waals surface area contributed by atoms with Crippen LogP contribution in [0.2, 0.25) is 0 Å². The summed E-state index contributed by atoms with van der Waals surface area (Å²) in [5.41, 5.74) is 0. The Hall–Kier alpha value is -0.620. The molecule has 0 saturated carbocycles. The average Bonchev–Trinajstić information content (AvgIpc) is 2.12. The molecule has 1 heterocycles. The Morgan fingerprint density at radius 1 is 1.53 bits per heavy atom. The molecule has 0 amide bonds. The van der Waals surface area contributed by atoms with E-state index < -0.39 is 15.8 Å². The van der Waals surface area contributed by atoms with Gasteiger partial charge >= 0.3 is 5.97 Å². The number of nitrogens with zero attached hydrogens (tertiary/aromatic N) is 1. The predicted octanol–water partition coefficient (Wildman–Crippen LogP) is -0.0299. The van der Waals surface area contributed by atoms with Gasteiger partial charge in [-0.3, -0.25) is 4.79 Å². The highest BCUT2D eigenvalue weighted by Gasteiger charge is 2.27. The van der Waals surface area contributed by atoms with Gasteiger partial charge in [0.1, 0.15) is 0 Å². The van der Waals surface area contributed by atoms with E-state index in [9.17, 15) is 13.2 Å². The molecule has 0 bridgehead atoms. The van der Waals surface area contributed by atoms with Gasteiger partial charge < -0.3 is 10.0 Å². The van der Waals surface area contributed by atoms with Crippen molar-refractivity contribution in [3.63, 3.8) is 0 Å². The molecule has 1 rings (SSSR count). The van der Waals surface area contributed by atoms with E-state index in [4.69, 9.17) is 5.11 Å². The summed E-state index contributed by atoms with van der Waals surface area (Å²) in [7, 11) is -1.12. The van der Waals surface area contributed by atoms with E-state index in [2.05, 4.69) is 0 Å². The van der Waals surface area contributed by atoms with E-state index in [1.54, 1.807) is 7.05 Å². The summed E-state index contributed by atoms with van der Waals surface area (Å²) in [6, 6.07) is -0.0110. The van der Waals surface area contributed by atoms with Crippen molar-refractivity contribution >= 4 is 15.8 Å². The third-order valence-electron chi connectivity index (χ3n) is 2.74. The molecule has 88 valence electrons. The average molecular weight is 235 g/mol. The number of carbonyl (C=O) groups is 1. The Morgan fingerprint density at radius 2 is 2.20 bits per heavy atom. The molecule has 0 aromatic carbocycles. The van der Waals surface area contributed by atoms with Crippen LogP contribution in [-0.2, 0) is 14.6 Å². The van der Waals surface area contributed by atoms with E-state index in [-0.39, 0.29) is 24.0 Å². The van der Waals surface area contributed by atoms with Crippen LogP contribution in [0.3, 0.4) is 0 Å². The maximum Gasteiger partial charge on any atom is 0.304 e. The molecule has 1 saturated heterocycles. The van der Waals surface area contributed by atoms with Crippen molar-refractivity contribution in [2.75, 3.05) is 25.1 Å². The summed E-state index contributed by atoms with van der Waals surface area (Å²) in [5, 5.41) is 8.52. The zero-order valence-corrected chi connectivity index (χ0v) is 9.66. The maximum atomic E-state index is 11.4. The molecule has 6 heteroatoms. The lowest BCUT2D eigenvalue weighted by molar-refractivity contribution is -0.137. The number of sulfone groups is 1. The standard InChI is InChI=1S/C9H17NO4S/c1-10(5-4-9(11)12)8-3-2-6-15(13,14)7-8/h8H,2-7H2,1H3,(H,11,12). The number of hydrogen-bond donors (Lipinski definition) is 1. The lowest BCUT2D eigenvalue weighted by Gasteiger charge is -2.30. The highest BCUT2D eigenvalue weighted by atomic mass is 32.2. The van der Waals surface area contributed by atoms with E-state index in [1.807, 2.05) is 4.90 Å². The lowest BCUT2D eigenvalue weighted by atomic mass is 10.1. The molecule has 1 atom stereocenters. The van der Waals surface area contributed by atoms with Crippen molar-refractivity contribution in [1.82, 2.24) is 4.90 Å². The van der Waals surface area contributed by atoms with Crippen LogP contribution in [-0.4, -0.2) is 55.5 Å². The quantitative estimate of drug-likeness (QED) is 0.740. The second-order valence-corrected chi connectivity index (χ2v) is 6.26. The molecule has 1 aliphatic heterocycles. The van der Waals surface area contributed by atoms with Crippen molar-refractivity contribution in [2.24, 2.45) is 0 Å². The molecule has 0 aromatic rings. The highest BCUT2D eigenvalue weighted by Crippen LogP contribution is 2.16. The maximum absolute atomic E-state index is 11.4. The van der Waals surface area contributed by atoms with E-state index >= 15 is 0 Å². The molecule has 0 spiro atoms. The van der Waals surface area contributed by atoms with Gasteiger partial charge in [0, 0.05) is 12.6 Å². The Morgan fingerprint density at radius 3 is 2.73 bits per heavy atom. The summed E-state index contributed by atoms with van der Waals surface area (Å²) in [4.78, 5) is 12.2.